The van der Waals surface area contributed by atoms with Crippen LogP contribution >= 0.6 is 0 Å². The highest BCUT2D eigenvalue weighted by molar-refractivity contribution is 6.29. The average molecular weight is 266 g/mol. The Bertz CT molecular complexity index is 757. The molecule has 0 fully saturated rings. The van der Waals surface area contributed by atoms with Crippen LogP contribution in [0.5, 0.6) is 5.75 Å². The number of hydrogen-bond donors (Lipinski definition) is 0. The van der Waals surface area contributed by atoms with Crippen molar-refractivity contribution in [1.29, 1.82) is 0 Å². The molecule has 0 atom stereocenters. The van der Waals surface area contributed by atoms with Gasteiger partial charge in [0, 0.05) is 22.3 Å². The van der Waals surface area contributed by atoms with E-state index in [1.165, 1.54) is 0 Å². The number of benzene rings is 2. The summed E-state index contributed by atoms with van der Waals surface area (Å²) in [5, 5.41) is 0. The lowest BCUT2D eigenvalue weighted by molar-refractivity contribution is 0.0978. The second-order valence-corrected chi connectivity index (χ2v) is 4.96. The molecule has 0 aliphatic heterocycles. The third kappa shape index (κ3) is 1.53. The number of carbonyl (C=O) groups excluding carboxylic acids is 2. The van der Waals surface area contributed by atoms with Gasteiger partial charge in [0.05, 0.1) is 7.11 Å². The zero-order chi connectivity index (χ0) is 14.4. The van der Waals surface area contributed by atoms with E-state index < -0.39 is 0 Å². The van der Waals surface area contributed by atoms with E-state index in [4.69, 9.17) is 4.74 Å². The summed E-state index contributed by atoms with van der Waals surface area (Å²) in [5.74, 6) is 0.442. The molecule has 0 amide bonds. The first-order valence-electron chi connectivity index (χ1n) is 6.43. The molecule has 2 aromatic rings. The van der Waals surface area contributed by atoms with Crippen LogP contribution in [0.2, 0.25) is 0 Å². The fourth-order valence-electron chi connectivity index (χ4n) is 2.73. The van der Waals surface area contributed by atoms with Crippen LogP contribution in [0.1, 0.15) is 43.0 Å². The van der Waals surface area contributed by atoms with E-state index in [1.54, 1.807) is 37.4 Å². The number of rotatable bonds is 1. The maximum Gasteiger partial charge on any atom is 0.194 e. The molecule has 0 N–H and O–H groups in total. The van der Waals surface area contributed by atoms with E-state index in [0.29, 0.717) is 28.0 Å². The van der Waals surface area contributed by atoms with Crippen molar-refractivity contribution >= 4 is 11.6 Å². The van der Waals surface area contributed by atoms with Crippen LogP contribution in [0.4, 0.5) is 0 Å². The van der Waals surface area contributed by atoms with E-state index in [1.807, 2.05) is 13.8 Å². The third-order valence-electron chi connectivity index (χ3n) is 3.96. The van der Waals surface area contributed by atoms with Gasteiger partial charge in [0.1, 0.15) is 5.75 Å². The summed E-state index contributed by atoms with van der Waals surface area (Å²) in [5.41, 5.74) is 3.60. The van der Waals surface area contributed by atoms with Crippen LogP contribution < -0.4 is 4.74 Å². The van der Waals surface area contributed by atoms with Gasteiger partial charge in [-0.2, -0.15) is 0 Å². The van der Waals surface area contributed by atoms with Gasteiger partial charge < -0.3 is 4.74 Å². The summed E-state index contributed by atoms with van der Waals surface area (Å²) in [6.07, 6.45) is 0. The molecule has 0 bridgehead atoms. The van der Waals surface area contributed by atoms with Gasteiger partial charge in [-0.05, 0) is 31.0 Å². The monoisotopic (exact) mass is 266 g/mol. The number of methoxy groups -OCH3 is 1. The highest BCUT2D eigenvalue weighted by Crippen LogP contribution is 2.34. The number of hydrogen-bond acceptors (Lipinski definition) is 3. The smallest absolute Gasteiger partial charge is 0.194 e. The molecule has 0 aromatic heterocycles. The van der Waals surface area contributed by atoms with Gasteiger partial charge in [-0.1, -0.05) is 24.3 Å². The average Bonchev–Trinajstić information content (AvgIpc) is 2.47. The van der Waals surface area contributed by atoms with Crippen molar-refractivity contribution in [2.45, 2.75) is 13.8 Å². The van der Waals surface area contributed by atoms with Crippen molar-refractivity contribution in [2.24, 2.45) is 0 Å². The summed E-state index contributed by atoms with van der Waals surface area (Å²) in [6.45, 7) is 3.75. The van der Waals surface area contributed by atoms with Crippen LogP contribution in [-0.2, 0) is 0 Å². The molecule has 1 aliphatic carbocycles. The van der Waals surface area contributed by atoms with E-state index in [0.717, 1.165) is 11.1 Å². The molecule has 0 saturated heterocycles. The Hall–Kier alpha value is -2.42. The molecular formula is C17H14O3. The molecule has 0 heterocycles. The van der Waals surface area contributed by atoms with Crippen molar-refractivity contribution in [3.05, 3.63) is 63.7 Å². The Balaban J connectivity index is 2.36. The maximum absolute atomic E-state index is 12.6. The minimum absolute atomic E-state index is 0.0848. The van der Waals surface area contributed by atoms with Gasteiger partial charge in [-0.25, -0.2) is 0 Å². The van der Waals surface area contributed by atoms with Gasteiger partial charge >= 0.3 is 0 Å². The lowest BCUT2D eigenvalue weighted by Crippen LogP contribution is -2.22. The Labute approximate surface area is 117 Å². The fraction of sp³-hybridized carbons (Fsp3) is 0.176. The minimum Gasteiger partial charge on any atom is -0.496 e. The fourth-order valence-corrected chi connectivity index (χ4v) is 2.73. The molecule has 3 heteroatoms. The molecule has 3 nitrogen and oxygen atoms in total. The van der Waals surface area contributed by atoms with Crippen LogP contribution in [0, 0.1) is 13.8 Å². The number of carbonyl (C=O) groups is 2. The van der Waals surface area contributed by atoms with Gasteiger partial charge in [-0.15, -0.1) is 0 Å². The summed E-state index contributed by atoms with van der Waals surface area (Å²) >= 11 is 0. The largest absolute Gasteiger partial charge is 0.496 e. The summed E-state index contributed by atoms with van der Waals surface area (Å²) in [7, 11) is 1.57. The highest BCUT2D eigenvalue weighted by atomic mass is 16.5. The number of ether oxygens (including phenoxy) is 1. The van der Waals surface area contributed by atoms with E-state index in [9.17, 15) is 9.59 Å². The molecule has 0 radical (unpaired) electrons. The van der Waals surface area contributed by atoms with Crippen LogP contribution in [0.25, 0.3) is 0 Å². The molecule has 0 unspecified atom stereocenters. The van der Waals surface area contributed by atoms with Crippen LogP contribution in [0.15, 0.2) is 30.3 Å². The minimum atomic E-state index is -0.114. The SMILES string of the molecule is COc1cc2c(c(C)c1C)C(=O)c1ccccc1C2=O. The quantitative estimate of drug-likeness (QED) is 0.679. The number of fused-ring (bicyclic) bond motifs is 2. The molecule has 0 spiro atoms. The molecule has 100 valence electrons. The third-order valence-corrected chi connectivity index (χ3v) is 3.96. The van der Waals surface area contributed by atoms with Gasteiger partial charge in [0.15, 0.2) is 11.6 Å². The lowest BCUT2D eigenvalue weighted by Gasteiger charge is -2.21. The molecule has 2 aromatic carbocycles. The predicted octanol–water partition coefficient (Wildman–Crippen LogP) is 3.09. The van der Waals surface area contributed by atoms with Crippen LogP contribution in [0.3, 0.4) is 0 Å². The Morgan fingerprint density at radius 1 is 0.850 bits per heavy atom. The van der Waals surface area contributed by atoms with Crippen molar-refractivity contribution in [1.82, 2.24) is 0 Å². The Morgan fingerprint density at radius 3 is 2.05 bits per heavy atom. The van der Waals surface area contributed by atoms with Crippen molar-refractivity contribution in [3.63, 3.8) is 0 Å². The van der Waals surface area contributed by atoms with E-state index in [2.05, 4.69) is 0 Å². The van der Waals surface area contributed by atoms with E-state index in [-0.39, 0.29) is 11.6 Å². The summed E-state index contributed by atoms with van der Waals surface area (Å²) in [6, 6.07) is 8.62. The highest BCUT2D eigenvalue weighted by Gasteiger charge is 2.32. The first-order chi connectivity index (χ1) is 9.56. The second-order valence-electron chi connectivity index (χ2n) is 4.96. The van der Waals surface area contributed by atoms with Gasteiger partial charge in [0.2, 0.25) is 0 Å². The lowest BCUT2D eigenvalue weighted by atomic mass is 9.80. The topological polar surface area (TPSA) is 43.4 Å². The zero-order valence-electron chi connectivity index (χ0n) is 11.6. The summed E-state index contributed by atoms with van der Waals surface area (Å²) in [4.78, 5) is 25.2. The molecule has 1 aliphatic rings. The first kappa shape index (κ1) is 12.6. The van der Waals surface area contributed by atoms with Crippen molar-refractivity contribution in [2.75, 3.05) is 7.11 Å². The summed E-state index contributed by atoms with van der Waals surface area (Å²) < 4.78 is 5.30. The molecule has 0 saturated carbocycles. The molecule has 3 rings (SSSR count). The van der Waals surface area contributed by atoms with Crippen LogP contribution in [-0.4, -0.2) is 18.7 Å². The van der Waals surface area contributed by atoms with Gasteiger partial charge in [0.25, 0.3) is 0 Å². The predicted molar refractivity (Wildman–Crippen MR) is 75.8 cm³/mol. The second kappa shape index (κ2) is 4.30. The molecular weight excluding hydrogens is 252 g/mol. The maximum atomic E-state index is 12.6. The zero-order valence-corrected chi connectivity index (χ0v) is 11.6. The van der Waals surface area contributed by atoms with Gasteiger partial charge in [-0.3, -0.25) is 9.59 Å². The first-order valence-corrected chi connectivity index (χ1v) is 6.43. The van der Waals surface area contributed by atoms with Crippen molar-refractivity contribution in [3.8, 4) is 5.75 Å². The standard InChI is InChI=1S/C17H14O3/c1-9-10(2)15-13(8-14(9)20-3)16(18)11-6-4-5-7-12(11)17(15)19/h4-8H,1-3H3. The van der Waals surface area contributed by atoms with E-state index >= 15 is 0 Å². The Kier molecular flexibility index (Phi) is 2.71. The Morgan fingerprint density at radius 2 is 1.45 bits per heavy atom. The normalized spacial score (nSPS) is 12.9. The molecule has 20 heavy (non-hydrogen) atoms. The van der Waals surface area contributed by atoms with Crippen molar-refractivity contribution < 1.29 is 14.3 Å². The number of ketones is 2.